The maximum atomic E-state index is 12.5. The standard InChI is InChI=1S/C21H19NO5/c23-19(12-17-14-5-1-2-6-15(14)20(24)25-17)22-13-7-8-16-18(11-13)27-21(26-16)9-3-4-10-21/h1-2,5-8,11,17H,3-4,9-10,12H2,(H,22,23)/t17-/m1/s1. The number of amides is 1. The zero-order chi connectivity index (χ0) is 18.4. The zero-order valence-corrected chi connectivity index (χ0v) is 14.7. The van der Waals surface area contributed by atoms with Gasteiger partial charge in [0.05, 0.1) is 12.0 Å². The minimum Gasteiger partial charge on any atom is -0.453 e. The molecule has 0 bridgehead atoms. The molecule has 0 aromatic heterocycles. The Morgan fingerprint density at radius 2 is 1.85 bits per heavy atom. The fourth-order valence-corrected chi connectivity index (χ4v) is 4.04. The van der Waals surface area contributed by atoms with Crippen LogP contribution in [0.3, 0.4) is 0 Å². The van der Waals surface area contributed by atoms with Crippen LogP contribution in [0.5, 0.6) is 11.5 Å². The van der Waals surface area contributed by atoms with Crippen molar-refractivity contribution in [3.63, 3.8) is 0 Å². The van der Waals surface area contributed by atoms with Gasteiger partial charge in [0.2, 0.25) is 5.91 Å². The van der Waals surface area contributed by atoms with E-state index in [1.807, 2.05) is 18.2 Å². The van der Waals surface area contributed by atoms with E-state index in [0.29, 0.717) is 22.7 Å². The second-order valence-corrected chi connectivity index (χ2v) is 7.22. The van der Waals surface area contributed by atoms with Gasteiger partial charge in [-0.2, -0.15) is 0 Å². The number of benzene rings is 2. The summed E-state index contributed by atoms with van der Waals surface area (Å²) in [7, 11) is 0. The van der Waals surface area contributed by atoms with Gasteiger partial charge in [-0.25, -0.2) is 4.79 Å². The van der Waals surface area contributed by atoms with Crippen LogP contribution in [0.1, 0.15) is 54.1 Å². The molecule has 1 aliphatic carbocycles. The molecule has 1 N–H and O–H groups in total. The first-order chi connectivity index (χ1) is 13.1. The second-order valence-electron chi connectivity index (χ2n) is 7.22. The van der Waals surface area contributed by atoms with Gasteiger partial charge in [0.15, 0.2) is 11.5 Å². The van der Waals surface area contributed by atoms with Crippen molar-refractivity contribution in [2.24, 2.45) is 0 Å². The maximum absolute atomic E-state index is 12.5. The van der Waals surface area contributed by atoms with Crippen LogP contribution in [0, 0.1) is 0 Å². The summed E-state index contributed by atoms with van der Waals surface area (Å²) >= 11 is 0. The van der Waals surface area contributed by atoms with E-state index in [0.717, 1.165) is 31.2 Å². The Labute approximate surface area is 156 Å². The summed E-state index contributed by atoms with van der Waals surface area (Å²) in [5.74, 6) is 0.250. The first kappa shape index (κ1) is 16.2. The molecule has 0 radical (unpaired) electrons. The monoisotopic (exact) mass is 365 g/mol. The molecule has 1 spiro atoms. The van der Waals surface area contributed by atoms with Gasteiger partial charge in [-0.05, 0) is 31.0 Å². The van der Waals surface area contributed by atoms with Crippen LogP contribution in [-0.4, -0.2) is 17.7 Å². The molecule has 1 amide bonds. The number of anilines is 1. The van der Waals surface area contributed by atoms with E-state index >= 15 is 0 Å². The Kier molecular flexibility index (Phi) is 3.60. The highest BCUT2D eigenvalue weighted by Crippen LogP contribution is 2.47. The molecule has 3 aliphatic rings. The lowest BCUT2D eigenvalue weighted by Gasteiger charge is -2.21. The summed E-state index contributed by atoms with van der Waals surface area (Å²) in [6.45, 7) is 0. The van der Waals surface area contributed by atoms with Gasteiger partial charge in [0.1, 0.15) is 6.10 Å². The molecule has 2 aromatic rings. The van der Waals surface area contributed by atoms with Crippen molar-refractivity contribution < 1.29 is 23.8 Å². The molecule has 0 saturated heterocycles. The molecule has 27 heavy (non-hydrogen) atoms. The Morgan fingerprint density at radius 1 is 1.07 bits per heavy atom. The molecule has 2 aliphatic heterocycles. The van der Waals surface area contributed by atoms with Crippen molar-refractivity contribution in [3.8, 4) is 11.5 Å². The summed E-state index contributed by atoms with van der Waals surface area (Å²) in [6, 6.07) is 12.6. The predicted octanol–water partition coefficient (Wildman–Crippen LogP) is 3.97. The van der Waals surface area contributed by atoms with Crippen LogP contribution in [0.2, 0.25) is 0 Å². The first-order valence-corrected chi connectivity index (χ1v) is 9.24. The molecule has 1 atom stereocenters. The quantitative estimate of drug-likeness (QED) is 0.833. The van der Waals surface area contributed by atoms with Gasteiger partial charge < -0.3 is 19.5 Å². The van der Waals surface area contributed by atoms with Crippen molar-refractivity contribution in [1.29, 1.82) is 0 Å². The molecule has 1 saturated carbocycles. The summed E-state index contributed by atoms with van der Waals surface area (Å²) in [4.78, 5) is 24.3. The summed E-state index contributed by atoms with van der Waals surface area (Å²) in [5.41, 5.74) is 1.92. The number of ether oxygens (including phenoxy) is 3. The number of carbonyl (C=O) groups excluding carboxylic acids is 2. The van der Waals surface area contributed by atoms with Crippen molar-refractivity contribution in [2.75, 3.05) is 5.32 Å². The lowest BCUT2D eigenvalue weighted by atomic mass is 10.0. The average Bonchev–Trinajstić information content (AvgIpc) is 3.34. The Hall–Kier alpha value is -3.02. The Balaban J connectivity index is 1.27. The van der Waals surface area contributed by atoms with Crippen molar-refractivity contribution in [1.82, 2.24) is 0 Å². The minimum absolute atomic E-state index is 0.0706. The van der Waals surface area contributed by atoms with Crippen molar-refractivity contribution >= 4 is 17.6 Å². The lowest BCUT2D eigenvalue weighted by Crippen LogP contribution is -2.34. The molecule has 5 rings (SSSR count). The van der Waals surface area contributed by atoms with E-state index in [4.69, 9.17) is 14.2 Å². The molecular formula is C21H19NO5. The van der Waals surface area contributed by atoms with E-state index < -0.39 is 11.9 Å². The van der Waals surface area contributed by atoms with E-state index in [2.05, 4.69) is 5.32 Å². The first-order valence-electron chi connectivity index (χ1n) is 9.24. The number of cyclic esters (lactones) is 1. The largest absolute Gasteiger partial charge is 0.453 e. The number of hydrogen-bond donors (Lipinski definition) is 1. The smallest absolute Gasteiger partial charge is 0.339 e. The van der Waals surface area contributed by atoms with Crippen LogP contribution in [0.15, 0.2) is 42.5 Å². The van der Waals surface area contributed by atoms with Crippen LogP contribution in [0.25, 0.3) is 0 Å². The number of carbonyl (C=O) groups is 2. The number of hydrogen-bond acceptors (Lipinski definition) is 5. The molecule has 6 nitrogen and oxygen atoms in total. The van der Waals surface area contributed by atoms with Crippen molar-refractivity contribution in [2.45, 2.75) is 44.0 Å². The summed E-state index contributed by atoms with van der Waals surface area (Å²) in [5, 5.41) is 2.86. The average molecular weight is 365 g/mol. The fourth-order valence-electron chi connectivity index (χ4n) is 4.04. The van der Waals surface area contributed by atoms with E-state index in [-0.39, 0.29) is 18.3 Å². The molecule has 6 heteroatoms. The van der Waals surface area contributed by atoms with E-state index in [1.165, 1.54) is 0 Å². The van der Waals surface area contributed by atoms with E-state index in [9.17, 15) is 9.59 Å². The molecular weight excluding hydrogens is 346 g/mol. The molecule has 138 valence electrons. The number of rotatable bonds is 3. The van der Waals surface area contributed by atoms with Gasteiger partial charge in [-0.3, -0.25) is 4.79 Å². The van der Waals surface area contributed by atoms with Crippen LogP contribution >= 0.6 is 0 Å². The van der Waals surface area contributed by atoms with Crippen LogP contribution < -0.4 is 14.8 Å². The van der Waals surface area contributed by atoms with Gasteiger partial charge in [-0.1, -0.05) is 18.2 Å². The third kappa shape index (κ3) is 2.81. The molecule has 2 aromatic carbocycles. The topological polar surface area (TPSA) is 73.9 Å². The molecule has 2 heterocycles. The van der Waals surface area contributed by atoms with Crippen molar-refractivity contribution in [3.05, 3.63) is 53.6 Å². The molecule has 1 fully saturated rings. The predicted molar refractivity (Wildman–Crippen MR) is 96.7 cm³/mol. The third-order valence-corrected chi connectivity index (χ3v) is 5.33. The van der Waals surface area contributed by atoms with Gasteiger partial charge in [0, 0.05) is 30.2 Å². The molecule has 0 unspecified atom stereocenters. The highest BCUT2D eigenvalue weighted by Gasteiger charge is 2.44. The lowest BCUT2D eigenvalue weighted by molar-refractivity contribution is -0.118. The second kappa shape index (κ2) is 6.01. The number of nitrogens with one attached hydrogen (secondary N) is 1. The fraction of sp³-hybridized carbons (Fsp3) is 0.333. The van der Waals surface area contributed by atoms with Crippen LogP contribution in [-0.2, 0) is 9.53 Å². The van der Waals surface area contributed by atoms with Gasteiger partial charge in [-0.15, -0.1) is 0 Å². The highest BCUT2D eigenvalue weighted by molar-refractivity contribution is 5.96. The maximum Gasteiger partial charge on any atom is 0.339 e. The SMILES string of the molecule is O=C(C[C@H]1OC(=O)c2ccccc21)Nc1ccc2c(c1)OC1(CCCC1)O2. The third-order valence-electron chi connectivity index (χ3n) is 5.33. The summed E-state index contributed by atoms with van der Waals surface area (Å²) < 4.78 is 17.3. The summed E-state index contributed by atoms with van der Waals surface area (Å²) in [6.07, 6.45) is 3.48. The zero-order valence-electron chi connectivity index (χ0n) is 14.7. The highest BCUT2D eigenvalue weighted by atomic mass is 16.7. The normalized spacial score (nSPS) is 21.2. The Bertz CT molecular complexity index is 932. The minimum atomic E-state index is -0.551. The Morgan fingerprint density at radius 3 is 2.70 bits per heavy atom. The van der Waals surface area contributed by atoms with Gasteiger partial charge >= 0.3 is 5.97 Å². The number of fused-ring (bicyclic) bond motifs is 2. The van der Waals surface area contributed by atoms with E-state index in [1.54, 1.807) is 24.3 Å². The van der Waals surface area contributed by atoms with Gasteiger partial charge in [0.25, 0.3) is 5.79 Å². The number of esters is 1. The van der Waals surface area contributed by atoms with Crippen LogP contribution in [0.4, 0.5) is 5.69 Å².